The first-order valence-electron chi connectivity index (χ1n) is 11.9. The Morgan fingerprint density at radius 3 is 2.35 bits per heavy atom. The highest BCUT2D eigenvalue weighted by atomic mass is 16.5. The van der Waals surface area contributed by atoms with Crippen molar-refractivity contribution in [2.75, 3.05) is 39.9 Å². The largest absolute Gasteiger partial charge is 0.872 e. The topological polar surface area (TPSA) is 83.3 Å². The Bertz CT molecular complexity index is 1030. The molecule has 1 fully saturated rings. The number of ketones is 1. The summed E-state index contributed by atoms with van der Waals surface area (Å²) >= 11 is 0. The van der Waals surface area contributed by atoms with Crippen LogP contribution >= 0.6 is 0 Å². The third-order valence-electron chi connectivity index (χ3n) is 6.30. The molecule has 2 aromatic rings. The lowest BCUT2D eigenvalue weighted by Gasteiger charge is -2.28. The van der Waals surface area contributed by atoms with Crippen LogP contribution in [0.2, 0.25) is 0 Å². The van der Waals surface area contributed by atoms with Crippen molar-refractivity contribution in [3.8, 4) is 11.5 Å². The Kier molecular flexibility index (Phi) is 8.71. The summed E-state index contributed by atoms with van der Waals surface area (Å²) < 4.78 is 11.1. The number of nitrogens with one attached hydrogen (secondary N) is 1. The Morgan fingerprint density at radius 2 is 1.74 bits per heavy atom. The number of carbonyl (C=O) groups is 2. The number of rotatable bonds is 11. The average Bonchev–Trinajstić information content (AvgIpc) is 3.12. The van der Waals surface area contributed by atoms with E-state index in [1.54, 1.807) is 48.5 Å². The maximum absolute atomic E-state index is 13.4. The molecule has 0 bridgehead atoms. The van der Waals surface area contributed by atoms with E-state index in [9.17, 15) is 14.7 Å². The molecule has 1 aliphatic heterocycles. The van der Waals surface area contributed by atoms with E-state index in [0.717, 1.165) is 26.1 Å². The fourth-order valence-corrected chi connectivity index (χ4v) is 4.42. The number of benzene rings is 2. The van der Waals surface area contributed by atoms with E-state index in [1.807, 2.05) is 6.92 Å². The standard InChI is InChI=1S/C27H34N2O5/c1-5-28(6-2)16-11-17-29-24(20-14-15-21(34-7-3)22(18-20)33-4)23(26(31)27(29)32)25(30)19-12-9-8-10-13-19/h8-10,12-15,18,24,30H,5-7,11,16-17H2,1-4H3. The van der Waals surface area contributed by atoms with Crippen LogP contribution in [0.25, 0.3) is 5.76 Å². The molecule has 7 heteroatoms. The quantitative estimate of drug-likeness (QED) is 0.309. The summed E-state index contributed by atoms with van der Waals surface area (Å²) in [6.07, 6.45) is 0.730. The number of ether oxygens (including phenoxy) is 2. The fraction of sp³-hybridized carbons (Fsp3) is 0.407. The first kappa shape index (κ1) is 25.3. The summed E-state index contributed by atoms with van der Waals surface area (Å²) in [6.45, 7) is 9.86. The van der Waals surface area contributed by atoms with Gasteiger partial charge in [-0.25, -0.2) is 0 Å². The fourth-order valence-electron chi connectivity index (χ4n) is 4.42. The molecule has 1 N–H and O–H groups in total. The van der Waals surface area contributed by atoms with Gasteiger partial charge in [0.2, 0.25) is 5.78 Å². The number of likely N-dealkylation sites (tertiary alicyclic amines) is 1. The van der Waals surface area contributed by atoms with Crippen LogP contribution in [-0.4, -0.2) is 56.5 Å². The van der Waals surface area contributed by atoms with E-state index in [-0.39, 0.29) is 5.57 Å². The lowest BCUT2D eigenvalue weighted by molar-refractivity contribution is -0.896. The van der Waals surface area contributed by atoms with Gasteiger partial charge < -0.3 is 24.4 Å². The van der Waals surface area contributed by atoms with Crippen LogP contribution < -0.4 is 19.5 Å². The SMILES string of the molecule is CCOc1ccc(C2C(=C([O-])c3ccccc3)C(=O)C(=O)N2CCC[NH+](CC)CC)cc1OC. The molecule has 1 saturated heterocycles. The monoisotopic (exact) mass is 466 g/mol. The third-order valence-corrected chi connectivity index (χ3v) is 6.30. The second-order valence-electron chi connectivity index (χ2n) is 8.24. The van der Waals surface area contributed by atoms with Crippen LogP contribution in [0.3, 0.4) is 0 Å². The van der Waals surface area contributed by atoms with Crippen LogP contribution in [0.1, 0.15) is 44.4 Å². The van der Waals surface area contributed by atoms with E-state index in [0.29, 0.717) is 35.8 Å². The predicted octanol–water partition coefficient (Wildman–Crippen LogP) is 1.63. The molecule has 1 heterocycles. The first-order valence-corrected chi connectivity index (χ1v) is 11.9. The highest BCUT2D eigenvalue weighted by Crippen LogP contribution is 2.41. The first-order chi connectivity index (χ1) is 16.5. The van der Waals surface area contributed by atoms with Gasteiger partial charge in [-0.2, -0.15) is 0 Å². The summed E-state index contributed by atoms with van der Waals surface area (Å²) in [5.74, 6) is -0.732. The smallest absolute Gasteiger partial charge is 0.295 e. The molecule has 0 aromatic heterocycles. The van der Waals surface area contributed by atoms with E-state index in [4.69, 9.17) is 9.47 Å². The minimum absolute atomic E-state index is 0.0161. The predicted molar refractivity (Wildman–Crippen MR) is 129 cm³/mol. The normalized spacial score (nSPS) is 17.4. The molecule has 1 unspecified atom stereocenters. The van der Waals surface area contributed by atoms with E-state index in [1.165, 1.54) is 16.9 Å². The Morgan fingerprint density at radius 1 is 1.03 bits per heavy atom. The summed E-state index contributed by atoms with van der Waals surface area (Å²) in [4.78, 5) is 29.2. The molecular weight excluding hydrogens is 432 g/mol. The van der Waals surface area contributed by atoms with Crippen molar-refractivity contribution in [1.29, 1.82) is 0 Å². The highest BCUT2D eigenvalue weighted by molar-refractivity contribution is 6.46. The van der Waals surface area contributed by atoms with E-state index in [2.05, 4.69) is 13.8 Å². The number of nitrogens with zero attached hydrogens (tertiary/aromatic N) is 1. The van der Waals surface area contributed by atoms with Crippen LogP contribution in [0.5, 0.6) is 11.5 Å². The summed E-state index contributed by atoms with van der Waals surface area (Å²) in [5.41, 5.74) is 1.02. The van der Waals surface area contributed by atoms with Gasteiger partial charge in [0.15, 0.2) is 11.5 Å². The lowest BCUT2D eigenvalue weighted by Crippen LogP contribution is -3.11. The molecule has 0 radical (unpaired) electrons. The molecule has 0 spiro atoms. The molecule has 3 rings (SSSR count). The second-order valence-corrected chi connectivity index (χ2v) is 8.24. The van der Waals surface area contributed by atoms with Crippen molar-refractivity contribution in [2.45, 2.75) is 33.2 Å². The molecule has 1 atom stereocenters. The Hall–Kier alpha value is -3.32. The molecule has 1 aliphatic rings. The van der Waals surface area contributed by atoms with Crippen molar-refractivity contribution >= 4 is 17.4 Å². The average molecular weight is 467 g/mol. The van der Waals surface area contributed by atoms with Gasteiger partial charge in [0, 0.05) is 18.5 Å². The lowest BCUT2D eigenvalue weighted by atomic mass is 9.95. The van der Waals surface area contributed by atoms with Crippen molar-refractivity contribution in [3.05, 3.63) is 65.2 Å². The van der Waals surface area contributed by atoms with Gasteiger partial charge in [0.1, 0.15) is 0 Å². The van der Waals surface area contributed by atoms with Gasteiger partial charge in [0.05, 0.1) is 39.4 Å². The van der Waals surface area contributed by atoms with Crippen LogP contribution in [-0.2, 0) is 9.59 Å². The Labute approximate surface area is 201 Å². The van der Waals surface area contributed by atoms with Crippen molar-refractivity contribution in [2.24, 2.45) is 0 Å². The molecule has 0 saturated carbocycles. The molecule has 0 aliphatic carbocycles. The van der Waals surface area contributed by atoms with Gasteiger partial charge in [-0.05, 0) is 44.0 Å². The Balaban J connectivity index is 2.07. The van der Waals surface area contributed by atoms with Crippen LogP contribution in [0.15, 0.2) is 54.1 Å². The van der Waals surface area contributed by atoms with Gasteiger partial charge in [0.25, 0.3) is 5.91 Å². The molecule has 1 amide bonds. The van der Waals surface area contributed by atoms with Gasteiger partial charge in [-0.3, -0.25) is 9.59 Å². The maximum atomic E-state index is 13.4. The summed E-state index contributed by atoms with van der Waals surface area (Å²) in [5, 5.41) is 13.4. The minimum Gasteiger partial charge on any atom is -0.872 e. The third kappa shape index (κ3) is 5.25. The molecule has 182 valence electrons. The van der Waals surface area contributed by atoms with Gasteiger partial charge >= 0.3 is 0 Å². The molecular formula is C27H34N2O5. The van der Waals surface area contributed by atoms with Crippen molar-refractivity contribution in [3.63, 3.8) is 0 Å². The number of carbonyl (C=O) groups excluding carboxylic acids is 2. The molecule has 2 aromatic carbocycles. The maximum Gasteiger partial charge on any atom is 0.295 e. The highest BCUT2D eigenvalue weighted by Gasteiger charge is 2.44. The minimum atomic E-state index is -0.774. The number of methoxy groups -OCH3 is 1. The van der Waals surface area contributed by atoms with Gasteiger partial charge in [-0.15, -0.1) is 0 Å². The zero-order valence-corrected chi connectivity index (χ0v) is 20.4. The zero-order chi connectivity index (χ0) is 24.7. The van der Waals surface area contributed by atoms with Crippen LogP contribution in [0.4, 0.5) is 0 Å². The second kappa shape index (κ2) is 11.7. The number of quaternary nitrogens is 1. The van der Waals surface area contributed by atoms with Crippen molar-refractivity contribution < 1.29 is 29.1 Å². The molecule has 7 nitrogen and oxygen atoms in total. The zero-order valence-electron chi connectivity index (χ0n) is 20.4. The summed E-state index contributed by atoms with van der Waals surface area (Å²) in [6, 6.07) is 13.2. The van der Waals surface area contributed by atoms with Gasteiger partial charge in [-0.1, -0.05) is 42.2 Å². The number of hydrogen-bond donors (Lipinski definition) is 1. The van der Waals surface area contributed by atoms with Crippen molar-refractivity contribution in [1.82, 2.24) is 4.90 Å². The molecule has 34 heavy (non-hydrogen) atoms. The number of amides is 1. The number of Topliss-reactive ketones (excluding diaryl/α,β-unsaturated/α-hetero) is 1. The summed E-state index contributed by atoms with van der Waals surface area (Å²) in [7, 11) is 1.54. The van der Waals surface area contributed by atoms with Crippen LogP contribution in [0, 0.1) is 0 Å². The van der Waals surface area contributed by atoms with E-state index < -0.39 is 23.5 Å². The number of hydrogen-bond acceptors (Lipinski definition) is 5. The van der Waals surface area contributed by atoms with E-state index >= 15 is 0 Å².